The number of carbonyl (C=O) groups excluding carboxylic acids is 2. The van der Waals surface area contributed by atoms with E-state index in [9.17, 15) is 9.59 Å². The third-order valence-corrected chi connectivity index (χ3v) is 3.29. The van der Waals surface area contributed by atoms with Crippen molar-refractivity contribution in [1.29, 1.82) is 0 Å². The molecule has 0 aliphatic carbocycles. The van der Waals surface area contributed by atoms with E-state index in [0.717, 1.165) is 0 Å². The van der Waals surface area contributed by atoms with E-state index in [0.29, 0.717) is 12.3 Å². The maximum atomic E-state index is 12.1. The second kappa shape index (κ2) is 5.58. The van der Waals surface area contributed by atoms with Gasteiger partial charge in [-0.25, -0.2) is 9.69 Å². The Balaban J connectivity index is 2.28. The molecule has 8 heteroatoms. The van der Waals surface area contributed by atoms with E-state index in [-0.39, 0.29) is 30.3 Å². The van der Waals surface area contributed by atoms with Crippen molar-refractivity contribution in [2.24, 2.45) is 0 Å². The number of ether oxygens (including phenoxy) is 1. The van der Waals surface area contributed by atoms with Gasteiger partial charge in [-0.05, 0) is 18.5 Å². The van der Waals surface area contributed by atoms with Crippen molar-refractivity contribution < 1.29 is 18.8 Å². The number of hydrogen-bond donors (Lipinski definition) is 1. The third kappa shape index (κ3) is 3.05. The second-order valence-electron chi connectivity index (χ2n) is 6.54. The molecule has 1 aliphatic heterocycles. The first-order chi connectivity index (χ1) is 10.2. The van der Waals surface area contributed by atoms with Crippen LogP contribution in [-0.4, -0.2) is 34.4 Å². The molecule has 122 valence electrons. The number of hydrogen-bond acceptors (Lipinski definition) is 6. The van der Waals surface area contributed by atoms with Crippen molar-refractivity contribution in [2.45, 2.75) is 58.6 Å². The Bertz CT molecular complexity index is 578. The zero-order valence-electron chi connectivity index (χ0n) is 13.6. The lowest BCUT2D eigenvalue weighted by Gasteiger charge is -2.30. The second-order valence-corrected chi connectivity index (χ2v) is 6.54. The highest BCUT2D eigenvalue weighted by Crippen LogP contribution is 2.29. The standard InChI is InChI=1S/C14H22N4O4/c1-6-7-9(19)21-14(5)8-15-12(20)18(14)11-16-10(22-17-11)13(2,3)4/h6-8H2,1-5H3,(H,15,20). The summed E-state index contributed by atoms with van der Waals surface area (Å²) in [6, 6.07) is -0.423. The molecule has 1 saturated heterocycles. The molecule has 1 fully saturated rings. The summed E-state index contributed by atoms with van der Waals surface area (Å²) in [5.41, 5.74) is -1.50. The van der Waals surface area contributed by atoms with E-state index < -0.39 is 11.8 Å². The summed E-state index contributed by atoms with van der Waals surface area (Å²) < 4.78 is 10.7. The van der Waals surface area contributed by atoms with E-state index in [2.05, 4.69) is 15.5 Å². The van der Waals surface area contributed by atoms with Crippen LogP contribution in [0.4, 0.5) is 10.7 Å². The van der Waals surface area contributed by atoms with Gasteiger partial charge in [0.25, 0.3) is 5.95 Å². The lowest BCUT2D eigenvalue weighted by Crippen LogP contribution is -2.49. The Morgan fingerprint density at radius 1 is 1.50 bits per heavy atom. The molecule has 1 atom stereocenters. The molecule has 22 heavy (non-hydrogen) atoms. The summed E-state index contributed by atoms with van der Waals surface area (Å²) in [5.74, 6) is 0.127. The smallest absolute Gasteiger partial charge is 0.327 e. The average molecular weight is 310 g/mol. The van der Waals surface area contributed by atoms with E-state index in [1.54, 1.807) is 6.92 Å². The SMILES string of the molecule is CCCC(=O)OC1(C)CNC(=O)N1c1noc(C(C)(C)C)n1. The lowest BCUT2D eigenvalue weighted by atomic mass is 9.97. The molecule has 1 unspecified atom stereocenters. The number of carbonyl (C=O) groups is 2. The predicted octanol–water partition coefficient (Wildman–Crippen LogP) is 1.96. The van der Waals surface area contributed by atoms with Crippen LogP contribution in [0.5, 0.6) is 0 Å². The van der Waals surface area contributed by atoms with E-state index >= 15 is 0 Å². The summed E-state index contributed by atoms with van der Waals surface area (Å²) in [6.07, 6.45) is 0.962. The van der Waals surface area contributed by atoms with Crippen molar-refractivity contribution in [3.8, 4) is 0 Å². The van der Waals surface area contributed by atoms with Crippen LogP contribution in [0.15, 0.2) is 4.52 Å². The Labute approximate surface area is 129 Å². The number of urea groups is 1. The molecule has 0 spiro atoms. The molecule has 2 rings (SSSR count). The fraction of sp³-hybridized carbons (Fsp3) is 0.714. The van der Waals surface area contributed by atoms with Crippen LogP contribution in [0.1, 0.15) is 53.4 Å². The fourth-order valence-corrected chi connectivity index (χ4v) is 2.11. The summed E-state index contributed by atoms with van der Waals surface area (Å²) in [4.78, 5) is 29.4. The Morgan fingerprint density at radius 2 is 2.18 bits per heavy atom. The highest BCUT2D eigenvalue weighted by atomic mass is 16.6. The first-order valence-corrected chi connectivity index (χ1v) is 7.31. The van der Waals surface area contributed by atoms with Crippen molar-refractivity contribution in [1.82, 2.24) is 15.5 Å². The maximum absolute atomic E-state index is 12.1. The average Bonchev–Trinajstić information content (AvgIpc) is 2.95. The number of anilines is 1. The molecule has 0 saturated carbocycles. The molecule has 1 aliphatic rings. The van der Waals surface area contributed by atoms with Gasteiger partial charge in [-0.2, -0.15) is 4.98 Å². The number of nitrogens with zero attached hydrogens (tertiary/aromatic N) is 3. The molecule has 1 aromatic rings. The monoisotopic (exact) mass is 310 g/mol. The van der Waals surface area contributed by atoms with Crippen LogP contribution in [-0.2, 0) is 14.9 Å². The number of nitrogens with one attached hydrogen (secondary N) is 1. The zero-order valence-corrected chi connectivity index (χ0v) is 13.6. The zero-order chi connectivity index (χ0) is 16.5. The van der Waals surface area contributed by atoms with Crippen molar-refractivity contribution >= 4 is 17.9 Å². The van der Waals surface area contributed by atoms with Gasteiger partial charge >= 0.3 is 12.0 Å². The Morgan fingerprint density at radius 3 is 2.73 bits per heavy atom. The molecule has 1 N–H and O–H groups in total. The van der Waals surface area contributed by atoms with E-state index in [4.69, 9.17) is 9.26 Å². The van der Waals surface area contributed by atoms with Crippen LogP contribution in [0.3, 0.4) is 0 Å². The summed E-state index contributed by atoms with van der Waals surface area (Å²) in [5, 5.41) is 6.49. The van der Waals surface area contributed by atoms with E-state index in [1.807, 2.05) is 27.7 Å². The van der Waals surface area contributed by atoms with Gasteiger partial charge in [0.15, 0.2) is 0 Å². The molecular weight excluding hydrogens is 288 g/mol. The summed E-state index contributed by atoms with van der Waals surface area (Å²) in [7, 11) is 0. The molecular formula is C14H22N4O4. The van der Waals surface area contributed by atoms with Crippen molar-refractivity contribution in [3.63, 3.8) is 0 Å². The van der Waals surface area contributed by atoms with Crippen LogP contribution in [0, 0.1) is 0 Å². The van der Waals surface area contributed by atoms with E-state index in [1.165, 1.54) is 4.90 Å². The van der Waals surface area contributed by atoms with Gasteiger partial charge in [0.2, 0.25) is 11.6 Å². The maximum Gasteiger partial charge on any atom is 0.327 e. The van der Waals surface area contributed by atoms with Crippen molar-refractivity contribution in [3.05, 3.63) is 5.89 Å². The predicted molar refractivity (Wildman–Crippen MR) is 78.3 cm³/mol. The van der Waals surface area contributed by atoms with Gasteiger partial charge < -0.3 is 14.6 Å². The number of amides is 2. The highest BCUT2D eigenvalue weighted by molar-refractivity contribution is 5.94. The fourth-order valence-electron chi connectivity index (χ4n) is 2.11. The number of rotatable bonds is 4. The Hall–Kier alpha value is -2.12. The van der Waals surface area contributed by atoms with Crippen LogP contribution in [0.2, 0.25) is 0 Å². The first-order valence-electron chi connectivity index (χ1n) is 7.31. The first kappa shape index (κ1) is 16.3. The molecule has 8 nitrogen and oxygen atoms in total. The number of esters is 1. The van der Waals surface area contributed by atoms with Crippen LogP contribution < -0.4 is 10.2 Å². The molecule has 2 heterocycles. The highest BCUT2D eigenvalue weighted by Gasteiger charge is 2.48. The van der Waals surface area contributed by atoms with Gasteiger partial charge in [-0.3, -0.25) is 4.79 Å². The van der Waals surface area contributed by atoms with Gasteiger partial charge in [-0.15, -0.1) is 0 Å². The summed E-state index contributed by atoms with van der Waals surface area (Å²) in [6.45, 7) is 9.47. The largest absolute Gasteiger partial charge is 0.437 e. The van der Waals surface area contributed by atoms with Crippen molar-refractivity contribution in [2.75, 3.05) is 11.4 Å². The molecule has 0 bridgehead atoms. The normalized spacial score (nSPS) is 21.9. The van der Waals surface area contributed by atoms with Gasteiger partial charge in [-0.1, -0.05) is 27.7 Å². The third-order valence-electron chi connectivity index (χ3n) is 3.29. The molecule has 0 aromatic carbocycles. The molecule has 2 amide bonds. The van der Waals surface area contributed by atoms with Gasteiger partial charge in [0.05, 0.1) is 6.54 Å². The summed E-state index contributed by atoms with van der Waals surface area (Å²) >= 11 is 0. The minimum Gasteiger partial charge on any atom is -0.437 e. The number of aromatic nitrogens is 2. The van der Waals surface area contributed by atoms with Crippen LogP contribution in [0.25, 0.3) is 0 Å². The Kier molecular flexibility index (Phi) is 4.12. The van der Waals surface area contributed by atoms with Gasteiger partial charge in [0.1, 0.15) is 0 Å². The lowest BCUT2D eigenvalue weighted by molar-refractivity contribution is -0.155. The topological polar surface area (TPSA) is 97.6 Å². The molecule has 1 aromatic heterocycles. The minimum absolute atomic E-state index is 0.0896. The van der Waals surface area contributed by atoms with Crippen LogP contribution >= 0.6 is 0 Å². The quantitative estimate of drug-likeness (QED) is 0.854. The van der Waals surface area contributed by atoms with Gasteiger partial charge in [0, 0.05) is 11.8 Å². The molecule has 0 radical (unpaired) electrons. The minimum atomic E-state index is -1.16.